The van der Waals surface area contributed by atoms with E-state index in [1.54, 1.807) is 6.92 Å². The Labute approximate surface area is 77.5 Å². The number of ether oxygens (including phenoxy) is 1. The van der Waals surface area contributed by atoms with Crippen LogP contribution in [0.2, 0.25) is 0 Å². The Balaban J connectivity index is 2.82. The first-order chi connectivity index (χ1) is 6.11. The molecule has 3 nitrogen and oxygen atoms in total. The summed E-state index contributed by atoms with van der Waals surface area (Å²) in [6.07, 6.45) is -1.02. The fraction of sp³-hybridized carbons (Fsp3) is 0.300. The molecule has 3 heteroatoms. The van der Waals surface area contributed by atoms with Crippen molar-refractivity contribution in [2.24, 2.45) is 5.73 Å². The molecule has 0 spiro atoms. The predicted molar refractivity (Wildman–Crippen MR) is 50.3 cm³/mol. The Morgan fingerprint density at radius 2 is 2.08 bits per heavy atom. The highest BCUT2D eigenvalue weighted by atomic mass is 16.6. The lowest BCUT2D eigenvalue weighted by atomic mass is 10.1. The third kappa shape index (κ3) is 2.47. The van der Waals surface area contributed by atoms with Gasteiger partial charge in [0.05, 0.1) is 0 Å². The first-order valence-electron chi connectivity index (χ1n) is 4.13. The normalized spacial score (nSPS) is 12.2. The summed E-state index contributed by atoms with van der Waals surface area (Å²) in [5.74, 6) is 0. The van der Waals surface area contributed by atoms with E-state index in [9.17, 15) is 4.79 Å². The van der Waals surface area contributed by atoms with Gasteiger partial charge in [-0.1, -0.05) is 24.3 Å². The second-order valence-electron chi connectivity index (χ2n) is 2.94. The molecule has 1 aromatic carbocycles. The number of rotatable bonds is 2. The fourth-order valence-corrected chi connectivity index (χ4v) is 1.28. The molecule has 13 heavy (non-hydrogen) atoms. The van der Waals surface area contributed by atoms with Gasteiger partial charge in [0, 0.05) is 0 Å². The number of amides is 1. The van der Waals surface area contributed by atoms with E-state index in [-0.39, 0.29) is 6.10 Å². The number of benzene rings is 1. The second kappa shape index (κ2) is 3.94. The predicted octanol–water partition coefficient (Wildman–Crippen LogP) is 2.15. The van der Waals surface area contributed by atoms with E-state index in [0.717, 1.165) is 11.1 Å². The topological polar surface area (TPSA) is 52.3 Å². The van der Waals surface area contributed by atoms with Crippen molar-refractivity contribution in [3.63, 3.8) is 0 Å². The molecule has 1 atom stereocenters. The highest BCUT2D eigenvalue weighted by Crippen LogP contribution is 2.19. The Morgan fingerprint density at radius 3 is 2.62 bits per heavy atom. The van der Waals surface area contributed by atoms with Crippen molar-refractivity contribution in [3.05, 3.63) is 35.4 Å². The Kier molecular flexibility index (Phi) is 2.90. The second-order valence-corrected chi connectivity index (χ2v) is 2.94. The van der Waals surface area contributed by atoms with Crippen LogP contribution in [0.15, 0.2) is 24.3 Å². The third-order valence-corrected chi connectivity index (χ3v) is 1.92. The average Bonchev–Trinajstić information content (AvgIpc) is 2.03. The van der Waals surface area contributed by atoms with Crippen LogP contribution in [0.4, 0.5) is 4.79 Å². The van der Waals surface area contributed by atoms with E-state index in [1.165, 1.54) is 0 Å². The SMILES string of the molecule is Cc1ccccc1C(C)OC(N)=O. The molecule has 0 saturated heterocycles. The molecule has 1 unspecified atom stereocenters. The van der Waals surface area contributed by atoms with Crippen molar-refractivity contribution in [2.45, 2.75) is 20.0 Å². The van der Waals surface area contributed by atoms with Gasteiger partial charge in [-0.25, -0.2) is 4.79 Å². The van der Waals surface area contributed by atoms with Gasteiger partial charge in [0.25, 0.3) is 0 Å². The minimum Gasteiger partial charge on any atom is -0.442 e. The summed E-state index contributed by atoms with van der Waals surface area (Å²) in [4.78, 5) is 10.5. The zero-order chi connectivity index (χ0) is 9.84. The highest BCUT2D eigenvalue weighted by Gasteiger charge is 2.10. The standard InChI is InChI=1S/C10H13NO2/c1-7-5-3-4-6-9(7)8(2)13-10(11)12/h3-6,8H,1-2H3,(H2,11,12). The summed E-state index contributed by atoms with van der Waals surface area (Å²) in [5.41, 5.74) is 7.00. The lowest BCUT2D eigenvalue weighted by Crippen LogP contribution is -2.16. The van der Waals surface area contributed by atoms with Gasteiger partial charge >= 0.3 is 6.09 Å². The van der Waals surface area contributed by atoms with Gasteiger partial charge in [0.1, 0.15) is 6.10 Å². The smallest absolute Gasteiger partial charge is 0.405 e. The Morgan fingerprint density at radius 1 is 1.46 bits per heavy atom. The van der Waals surface area contributed by atoms with Crippen LogP contribution in [-0.4, -0.2) is 6.09 Å². The van der Waals surface area contributed by atoms with Crippen molar-refractivity contribution in [1.29, 1.82) is 0 Å². The molecule has 0 heterocycles. The molecule has 1 aromatic rings. The fourth-order valence-electron chi connectivity index (χ4n) is 1.28. The van der Waals surface area contributed by atoms with E-state index >= 15 is 0 Å². The Bertz CT molecular complexity index is 310. The van der Waals surface area contributed by atoms with Crippen molar-refractivity contribution in [2.75, 3.05) is 0 Å². The van der Waals surface area contributed by atoms with Crippen molar-refractivity contribution >= 4 is 6.09 Å². The summed E-state index contributed by atoms with van der Waals surface area (Å²) in [7, 11) is 0. The number of aryl methyl sites for hydroxylation is 1. The maximum absolute atomic E-state index is 10.5. The van der Waals surface area contributed by atoms with Crippen molar-refractivity contribution in [1.82, 2.24) is 0 Å². The van der Waals surface area contributed by atoms with Gasteiger partial charge in [0.15, 0.2) is 0 Å². The molecule has 0 fully saturated rings. The third-order valence-electron chi connectivity index (χ3n) is 1.92. The number of carbonyl (C=O) groups excluding carboxylic acids is 1. The molecule has 1 rings (SSSR count). The van der Waals surface area contributed by atoms with Crippen LogP contribution >= 0.6 is 0 Å². The van der Waals surface area contributed by atoms with E-state index < -0.39 is 6.09 Å². The number of primary amides is 1. The summed E-state index contributed by atoms with van der Waals surface area (Å²) in [5, 5.41) is 0. The van der Waals surface area contributed by atoms with Gasteiger partial charge in [-0.05, 0) is 25.0 Å². The van der Waals surface area contributed by atoms with E-state index in [0.29, 0.717) is 0 Å². The van der Waals surface area contributed by atoms with Crippen molar-refractivity contribution < 1.29 is 9.53 Å². The molecule has 0 radical (unpaired) electrons. The summed E-state index contributed by atoms with van der Waals surface area (Å²) in [6.45, 7) is 3.77. The molecular weight excluding hydrogens is 166 g/mol. The van der Waals surface area contributed by atoms with E-state index in [1.807, 2.05) is 31.2 Å². The molecule has 0 aliphatic carbocycles. The maximum atomic E-state index is 10.5. The summed E-state index contributed by atoms with van der Waals surface area (Å²) in [6, 6.07) is 7.73. The molecular formula is C10H13NO2. The molecule has 0 saturated carbocycles. The van der Waals surface area contributed by atoms with Crippen LogP contribution in [0.5, 0.6) is 0 Å². The maximum Gasteiger partial charge on any atom is 0.405 e. The molecule has 0 aromatic heterocycles. The first-order valence-corrected chi connectivity index (χ1v) is 4.13. The van der Waals surface area contributed by atoms with Crippen LogP contribution < -0.4 is 5.73 Å². The Hall–Kier alpha value is -1.51. The largest absolute Gasteiger partial charge is 0.442 e. The monoisotopic (exact) mass is 179 g/mol. The van der Waals surface area contributed by atoms with Crippen LogP contribution in [0.3, 0.4) is 0 Å². The molecule has 1 amide bonds. The van der Waals surface area contributed by atoms with Crippen LogP contribution in [0.1, 0.15) is 24.2 Å². The minimum absolute atomic E-state index is 0.279. The van der Waals surface area contributed by atoms with Gasteiger partial charge in [-0.15, -0.1) is 0 Å². The summed E-state index contributed by atoms with van der Waals surface area (Å²) >= 11 is 0. The zero-order valence-electron chi connectivity index (χ0n) is 7.78. The number of carbonyl (C=O) groups is 1. The van der Waals surface area contributed by atoms with E-state index in [2.05, 4.69) is 0 Å². The quantitative estimate of drug-likeness (QED) is 0.756. The number of hydrogen-bond acceptors (Lipinski definition) is 2. The highest BCUT2D eigenvalue weighted by molar-refractivity contribution is 5.65. The number of hydrogen-bond donors (Lipinski definition) is 1. The van der Waals surface area contributed by atoms with Crippen LogP contribution in [0, 0.1) is 6.92 Å². The van der Waals surface area contributed by atoms with Gasteiger partial charge in [-0.2, -0.15) is 0 Å². The minimum atomic E-state index is -0.740. The molecule has 0 bridgehead atoms. The van der Waals surface area contributed by atoms with Crippen LogP contribution in [-0.2, 0) is 4.74 Å². The first kappa shape index (κ1) is 9.58. The lowest BCUT2D eigenvalue weighted by Gasteiger charge is -2.13. The van der Waals surface area contributed by atoms with Gasteiger partial charge < -0.3 is 10.5 Å². The van der Waals surface area contributed by atoms with Crippen molar-refractivity contribution in [3.8, 4) is 0 Å². The molecule has 2 N–H and O–H groups in total. The molecule has 0 aliphatic rings. The van der Waals surface area contributed by atoms with E-state index in [4.69, 9.17) is 10.5 Å². The number of nitrogens with two attached hydrogens (primary N) is 1. The average molecular weight is 179 g/mol. The molecule has 70 valence electrons. The van der Waals surface area contributed by atoms with Crippen LogP contribution in [0.25, 0.3) is 0 Å². The summed E-state index contributed by atoms with van der Waals surface area (Å²) < 4.78 is 4.86. The van der Waals surface area contributed by atoms with Gasteiger partial charge in [-0.3, -0.25) is 0 Å². The zero-order valence-corrected chi connectivity index (χ0v) is 7.78. The lowest BCUT2D eigenvalue weighted by molar-refractivity contribution is 0.116. The molecule has 0 aliphatic heterocycles. The van der Waals surface area contributed by atoms with Gasteiger partial charge in [0.2, 0.25) is 0 Å².